The van der Waals surface area contributed by atoms with Gasteiger partial charge in [0, 0.05) is 11.1 Å². The molecule has 0 N–H and O–H groups in total. The molecule has 0 saturated carbocycles. The Labute approximate surface area is 181 Å². The molecule has 0 fully saturated rings. The Bertz CT molecular complexity index is 1050. The lowest BCUT2D eigenvalue weighted by Crippen LogP contribution is -2.54. The summed E-state index contributed by atoms with van der Waals surface area (Å²) in [7, 11) is 0. The lowest BCUT2D eigenvalue weighted by Gasteiger charge is -2.25. The van der Waals surface area contributed by atoms with E-state index >= 15 is 0 Å². The van der Waals surface area contributed by atoms with Gasteiger partial charge in [0.1, 0.15) is 23.6 Å². The maximum Gasteiger partial charge on any atom is 0.295 e. The normalized spacial score (nSPS) is 14.7. The molecule has 2 nitrogen and oxygen atoms in total. The summed E-state index contributed by atoms with van der Waals surface area (Å²) in [6.07, 6.45) is 11.5. The SMILES string of the molecule is CCC1(CC)C=Cc2ccccc2-c2n(-c3c(C(C)C)cccc3C(C)C)cc[n+]21. The van der Waals surface area contributed by atoms with Crippen molar-refractivity contribution in [3.63, 3.8) is 0 Å². The number of hydrogen-bond donors (Lipinski definition) is 0. The number of allylic oxidation sites excluding steroid dienone is 1. The van der Waals surface area contributed by atoms with E-state index in [0.29, 0.717) is 11.8 Å². The predicted molar refractivity (Wildman–Crippen MR) is 127 cm³/mol. The average Bonchev–Trinajstić information content (AvgIpc) is 3.14. The Kier molecular flexibility index (Phi) is 5.44. The summed E-state index contributed by atoms with van der Waals surface area (Å²) >= 11 is 0. The second kappa shape index (κ2) is 7.91. The van der Waals surface area contributed by atoms with Crippen molar-refractivity contribution >= 4 is 6.08 Å². The van der Waals surface area contributed by atoms with Crippen molar-refractivity contribution in [1.29, 1.82) is 0 Å². The summed E-state index contributed by atoms with van der Waals surface area (Å²) in [6, 6.07) is 15.7. The highest BCUT2D eigenvalue weighted by atomic mass is 15.2. The van der Waals surface area contributed by atoms with Gasteiger partial charge in [0.25, 0.3) is 5.82 Å². The maximum absolute atomic E-state index is 2.52. The number of benzene rings is 2. The zero-order chi connectivity index (χ0) is 21.5. The Morgan fingerprint density at radius 3 is 2.10 bits per heavy atom. The lowest BCUT2D eigenvalue weighted by atomic mass is 9.91. The van der Waals surface area contributed by atoms with Gasteiger partial charge in [0.05, 0.1) is 5.56 Å². The molecule has 1 aliphatic heterocycles. The first kappa shape index (κ1) is 20.7. The Hall–Kier alpha value is -2.61. The molecule has 0 atom stereocenters. The van der Waals surface area contributed by atoms with Gasteiger partial charge in [-0.25, -0.2) is 4.57 Å². The van der Waals surface area contributed by atoms with Crippen LogP contribution < -0.4 is 4.57 Å². The molecular formula is C28H35N2+. The topological polar surface area (TPSA) is 8.81 Å². The van der Waals surface area contributed by atoms with E-state index in [4.69, 9.17) is 0 Å². The summed E-state index contributed by atoms with van der Waals surface area (Å²) in [5.74, 6) is 2.21. The minimum Gasteiger partial charge on any atom is -0.221 e. The molecule has 0 radical (unpaired) electrons. The van der Waals surface area contributed by atoms with Crippen molar-refractivity contribution in [2.24, 2.45) is 0 Å². The molecular weight excluding hydrogens is 364 g/mol. The van der Waals surface area contributed by atoms with E-state index in [0.717, 1.165) is 12.8 Å². The fraction of sp³-hybridized carbons (Fsp3) is 0.393. The van der Waals surface area contributed by atoms with E-state index in [1.54, 1.807) is 0 Å². The van der Waals surface area contributed by atoms with Crippen molar-refractivity contribution in [2.75, 3.05) is 0 Å². The molecule has 2 heterocycles. The largest absolute Gasteiger partial charge is 0.295 e. The number of nitrogens with zero attached hydrogens (tertiary/aromatic N) is 2. The second-order valence-electron chi connectivity index (χ2n) is 9.19. The van der Waals surface area contributed by atoms with E-state index in [2.05, 4.69) is 118 Å². The second-order valence-corrected chi connectivity index (χ2v) is 9.19. The summed E-state index contributed by atoms with van der Waals surface area (Å²) in [5, 5.41) is 0. The molecule has 156 valence electrons. The van der Waals surface area contributed by atoms with Gasteiger partial charge in [0.15, 0.2) is 0 Å². The summed E-state index contributed by atoms with van der Waals surface area (Å²) in [4.78, 5) is 0. The van der Waals surface area contributed by atoms with E-state index in [1.165, 1.54) is 33.8 Å². The molecule has 0 aliphatic carbocycles. The first-order valence-corrected chi connectivity index (χ1v) is 11.5. The maximum atomic E-state index is 2.52. The highest BCUT2D eigenvalue weighted by Crippen LogP contribution is 2.37. The minimum atomic E-state index is -0.00955. The van der Waals surface area contributed by atoms with Crippen LogP contribution in [0.25, 0.3) is 23.2 Å². The van der Waals surface area contributed by atoms with Crippen molar-refractivity contribution in [3.05, 3.63) is 77.6 Å². The van der Waals surface area contributed by atoms with Crippen LogP contribution in [-0.4, -0.2) is 4.57 Å². The van der Waals surface area contributed by atoms with E-state index in [-0.39, 0.29) is 5.54 Å². The smallest absolute Gasteiger partial charge is 0.221 e. The summed E-state index contributed by atoms with van der Waals surface area (Å²) in [5.41, 5.74) is 6.76. The van der Waals surface area contributed by atoms with E-state index in [1.807, 2.05) is 0 Å². The molecule has 2 heteroatoms. The molecule has 0 unspecified atom stereocenters. The Morgan fingerprint density at radius 2 is 1.50 bits per heavy atom. The number of rotatable bonds is 5. The number of aromatic nitrogens is 2. The number of imidazole rings is 1. The highest BCUT2D eigenvalue weighted by Gasteiger charge is 2.39. The van der Waals surface area contributed by atoms with Crippen LogP contribution in [0.15, 0.2) is 60.9 Å². The molecule has 1 aliphatic rings. The van der Waals surface area contributed by atoms with Crippen molar-refractivity contribution in [2.45, 2.75) is 71.8 Å². The third-order valence-electron chi connectivity index (χ3n) is 6.88. The van der Waals surface area contributed by atoms with Gasteiger partial charge in [0.2, 0.25) is 0 Å². The molecule has 1 aromatic heterocycles. The predicted octanol–water partition coefficient (Wildman–Crippen LogP) is 7.22. The third kappa shape index (κ3) is 3.14. The number of hydrogen-bond acceptors (Lipinski definition) is 0. The molecule has 0 spiro atoms. The van der Waals surface area contributed by atoms with Crippen LogP contribution in [0.3, 0.4) is 0 Å². The molecule has 3 aromatic rings. The Morgan fingerprint density at radius 1 is 0.867 bits per heavy atom. The molecule has 0 bridgehead atoms. The molecule has 30 heavy (non-hydrogen) atoms. The van der Waals surface area contributed by atoms with Gasteiger partial charge < -0.3 is 0 Å². The average molecular weight is 400 g/mol. The van der Waals surface area contributed by atoms with Gasteiger partial charge in [-0.15, -0.1) is 0 Å². The van der Waals surface area contributed by atoms with Crippen LogP contribution in [-0.2, 0) is 5.54 Å². The molecule has 0 amide bonds. The van der Waals surface area contributed by atoms with Crippen molar-refractivity contribution in [1.82, 2.24) is 4.57 Å². The first-order chi connectivity index (χ1) is 14.4. The van der Waals surface area contributed by atoms with Crippen LogP contribution in [0.2, 0.25) is 0 Å². The standard InChI is InChI=1S/C28H35N2/c1-7-28(8-2)17-16-22-12-9-10-13-25(22)27-29(18-19-30(27)28)26-23(20(3)4)14-11-15-24(26)21(5)6/h9-21H,7-8H2,1-6H3/q+1. The van der Waals surface area contributed by atoms with E-state index < -0.39 is 0 Å². The third-order valence-corrected chi connectivity index (χ3v) is 6.88. The Balaban J connectivity index is 2.12. The number of fused-ring (bicyclic) bond motifs is 3. The van der Waals surface area contributed by atoms with Crippen molar-refractivity contribution in [3.8, 4) is 17.1 Å². The fourth-order valence-electron chi connectivity index (χ4n) is 4.98. The van der Waals surface area contributed by atoms with Gasteiger partial charge in [-0.3, -0.25) is 0 Å². The highest BCUT2D eigenvalue weighted by molar-refractivity contribution is 5.73. The molecule has 4 rings (SSSR count). The summed E-state index contributed by atoms with van der Waals surface area (Å²) < 4.78 is 4.99. The first-order valence-electron chi connectivity index (χ1n) is 11.5. The van der Waals surface area contributed by atoms with Gasteiger partial charge in [-0.2, -0.15) is 4.57 Å². The summed E-state index contributed by atoms with van der Waals surface area (Å²) in [6.45, 7) is 13.8. The van der Waals surface area contributed by atoms with Crippen LogP contribution in [0.5, 0.6) is 0 Å². The van der Waals surface area contributed by atoms with Crippen LogP contribution >= 0.6 is 0 Å². The minimum absolute atomic E-state index is 0.00955. The van der Waals surface area contributed by atoms with Gasteiger partial charge in [-0.1, -0.05) is 84.0 Å². The zero-order valence-electron chi connectivity index (χ0n) is 19.3. The zero-order valence-corrected chi connectivity index (χ0v) is 19.3. The lowest BCUT2D eigenvalue weighted by molar-refractivity contribution is -0.742. The monoisotopic (exact) mass is 399 g/mol. The van der Waals surface area contributed by atoms with Gasteiger partial charge >= 0.3 is 0 Å². The van der Waals surface area contributed by atoms with Crippen LogP contribution in [0, 0.1) is 0 Å². The molecule has 0 saturated heterocycles. The van der Waals surface area contributed by atoms with Gasteiger partial charge in [-0.05, 0) is 42.4 Å². The van der Waals surface area contributed by atoms with E-state index in [9.17, 15) is 0 Å². The fourth-order valence-corrected chi connectivity index (χ4v) is 4.98. The molecule has 2 aromatic carbocycles. The van der Waals surface area contributed by atoms with Crippen LogP contribution in [0.1, 0.15) is 82.9 Å². The van der Waals surface area contributed by atoms with Crippen LogP contribution in [0.4, 0.5) is 0 Å². The van der Waals surface area contributed by atoms with Crippen molar-refractivity contribution < 1.29 is 4.57 Å². The quantitative estimate of drug-likeness (QED) is 0.400. The number of para-hydroxylation sites is 1.